The molecule has 7 nitrogen and oxygen atoms in total. The van der Waals surface area contributed by atoms with Crippen molar-refractivity contribution in [3.05, 3.63) is 48.1 Å². The maximum absolute atomic E-state index is 5.54. The molecule has 1 rings (SSSR count). The van der Waals surface area contributed by atoms with Crippen LogP contribution in [0.15, 0.2) is 51.1 Å². The molecule has 0 N–H and O–H groups in total. The van der Waals surface area contributed by atoms with Gasteiger partial charge in [0.05, 0.1) is 44.3 Å². The normalized spacial score (nSPS) is 14.8. The molecule has 8 heteroatoms. The van der Waals surface area contributed by atoms with E-state index in [1.807, 2.05) is 56.1 Å². The number of hydrazone groups is 1. The third-order valence-corrected chi connectivity index (χ3v) is 5.30. The Hall–Kier alpha value is -2.35. The number of methoxy groups -OCH3 is 2. The summed E-state index contributed by atoms with van der Waals surface area (Å²) in [4.78, 5) is 6.38. The lowest BCUT2D eigenvalue weighted by Gasteiger charge is -2.35. The average Bonchev–Trinajstić information content (AvgIpc) is 3.11. The molecule has 0 aliphatic rings. The molecule has 0 aliphatic heterocycles. The monoisotopic (exact) mass is 408 g/mol. The predicted octanol–water partition coefficient (Wildman–Crippen LogP) is 3.93. The lowest BCUT2D eigenvalue weighted by atomic mass is 10.3. The van der Waals surface area contributed by atoms with Gasteiger partial charge in [-0.1, -0.05) is 6.92 Å². The molecule has 0 saturated heterocycles. The number of hydrogen-bond donors (Lipinski definition) is 0. The SMILES string of the molecule is CCSC(C(C)N(C)/N=C/c1ccc(C)o1)N(C)/C=C(/N=C\C=C\OC)OC. The van der Waals surface area contributed by atoms with Crippen LogP contribution in [0.5, 0.6) is 0 Å². The van der Waals surface area contributed by atoms with Gasteiger partial charge in [0.15, 0.2) is 0 Å². The van der Waals surface area contributed by atoms with Crippen LogP contribution in [0.25, 0.3) is 0 Å². The first-order chi connectivity index (χ1) is 13.4. The van der Waals surface area contributed by atoms with Crippen molar-refractivity contribution >= 4 is 24.2 Å². The quantitative estimate of drug-likeness (QED) is 0.226. The second-order valence-corrected chi connectivity index (χ2v) is 7.43. The van der Waals surface area contributed by atoms with E-state index in [1.54, 1.807) is 39.0 Å². The van der Waals surface area contributed by atoms with Gasteiger partial charge in [-0.15, -0.1) is 11.8 Å². The molecule has 0 spiro atoms. The third kappa shape index (κ3) is 8.12. The topological polar surface area (TPSA) is 62.8 Å². The van der Waals surface area contributed by atoms with Gasteiger partial charge in [0.25, 0.3) is 0 Å². The molecular formula is C20H32N4O3S. The second-order valence-electron chi connectivity index (χ2n) is 6.03. The Labute approximate surface area is 172 Å². The van der Waals surface area contributed by atoms with Gasteiger partial charge >= 0.3 is 0 Å². The number of likely N-dealkylation sites (N-methyl/N-ethyl adjacent to an activating group) is 2. The van der Waals surface area contributed by atoms with Crippen molar-refractivity contribution in [1.29, 1.82) is 0 Å². The van der Waals surface area contributed by atoms with E-state index in [9.17, 15) is 0 Å². The molecule has 0 saturated carbocycles. The summed E-state index contributed by atoms with van der Waals surface area (Å²) in [5.74, 6) is 3.10. The molecule has 0 amide bonds. The van der Waals surface area contributed by atoms with Gasteiger partial charge in [-0.25, -0.2) is 4.99 Å². The molecule has 1 aromatic rings. The van der Waals surface area contributed by atoms with Crippen molar-refractivity contribution in [1.82, 2.24) is 9.91 Å². The fourth-order valence-corrected chi connectivity index (χ4v) is 3.44. The minimum atomic E-state index is 0.133. The number of aliphatic imine (C=N–C) groups is 1. The van der Waals surface area contributed by atoms with Gasteiger partial charge in [-0.3, -0.25) is 5.01 Å². The van der Waals surface area contributed by atoms with E-state index in [4.69, 9.17) is 13.9 Å². The molecule has 0 aliphatic carbocycles. The van der Waals surface area contributed by atoms with Crippen LogP contribution in [0.4, 0.5) is 0 Å². The first-order valence-electron chi connectivity index (χ1n) is 9.07. The molecular weight excluding hydrogens is 376 g/mol. The van der Waals surface area contributed by atoms with Gasteiger partial charge in [-0.2, -0.15) is 5.10 Å². The van der Waals surface area contributed by atoms with Crippen LogP contribution in [0.1, 0.15) is 25.4 Å². The van der Waals surface area contributed by atoms with Gasteiger partial charge in [0, 0.05) is 20.3 Å². The van der Waals surface area contributed by atoms with Gasteiger partial charge in [0.1, 0.15) is 11.5 Å². The summed E-state index contributed by atoms with van der Waals surface area (Å²) in [5.41, 5.74) is 0. The molecule has 156 valence electrons. The molecule has 0 radical (unpaired) electrons. The highest BCUT2D eigenvalue weighted by atomic mass is 32.2. The van der Waals surface area contributed by atoms with Gasteiger partial charge < -0.3 is 18.8 Å². The standard InChI is InChI=1S/C20H32N4O3S/c1-8-28-20(23(4)15-19(26-7)21-12-9-13-25-6)17(3)24(5)22-14-18-11-10-16(2)27-18/h9-15,17,20H,8H2,1-7H3/b13-9+,19-15-,21-12-,22-14+. The lowest BCUT2D eigenvalue weighted by Crippen LogP contribution is -2.42. The molecule has 1 aromatic heterocycles. The maximum Gasteiger partial charge on any atom is 0.229 e. The number of rotatable bonds is 12. The fraction of sp³-hybridized carbons (Fsp3) is 0.500. The van der Waals surface area contributed by atoms with E-state index in [0.29, 0.717) is 5.88 Å². The van der Waals surface area contributed by atoms with Crippen molar-refractivity contribution in [2.75, 3.05) is 34.1 Å². The Morgan fingerprint density at radius 3 is 2.64 bits per heavy atom. The summed E-state index contributed by atoms with van der Waals surface area (Å²) in [6, 6.07) is 3.97. The van der Waals surface area contributed by atoms with Crippen LogP contribution >= 0.6 is 11.8 Å². The van der Waals surface area contributed by atoms with Gasteiger partial charge in [0.2, 0.25) is 5.88 Å². The Morgan fingerprint density at radius 2 is 2.07 bits per heavy atom. The Kier molecular flexibility index (Phi) is 10.9. The molecule has 0 aromatic carbocycles. The van der Waals surface area contributed by atoms with E-state index in [-0.39, 0.29) is 11.4 Å². The molecule has 28 heavy (non-hydrogen) atoms. The number of nitrogens with zero attached hydrogens (tertiary/aromatic N) is 4. The van der Waals surface area contributed by atoms with Crippen LogP contribution in [-0.4, -0.2) is 67.8 Å². The van der Waals surface area contributed by atoms with Crippen LogP contribution in [0.2, 0.25) is 0 Å². The minimum Gasteiger partial charge on any atom is -0.504 e. The first kappa shape index (κ1) is 23.7. The maximum atomic E-state index is 5.54. The van der Waals surface area contributed by atoms with E-state index in [0.717, 1.165) is 17.3 Å². The van der Waals surface area contributed by atoms with Crippen LogP contribution in [0.3, 0.4) is 0 Å². The minimum absolute atomic E-state index is 0.133. The molecule has 2 unspecified atom stereocenters. The number of furan rings is 1. The van der Waals surface area contributed by atoms with Crippen molar-refractivity contribution < 1.29 is 13.9 Å². The van der Waals surface area contributed by atoms with Gasteiger partial charge in [-0.05, 0) is 37.8 Å². The average molecular weight is 409 g/mol. The van der Waals surface area contributed by atoms with Crippen LogP contribution < -0.4 is 0 Å². The first-order valence-corrected chi connectivity index (χ1v) is 10.1. The smallest absolute Gasteiger partial charge is 0.229 e. The fourth-order valence-electron chi connectivity index (χ4n) is 2.34. The number of allylic oxidation sites excluding steroid dienone is 1. The van der Waals surface area contributed by atoms with Crippen molar-refractivity contribution in [3.63, 3.8) is 0 Å². The van der Waals surface area contributed by atoms with Crippen molar-refractivity contribution in [2.45, 2.75) is 32.2 Å². The van der Waals surface area contributed by atoms with Crippen molar-refractivity contribution in [3.8, 4) is 0 Å². The number of thioether (sulfide) groups is 1. The summed E-state index contributed by atoms with van der Waals surface area (Å²) in [6.07, 6.45) is 8.49. The Balaban J connectivity index is 2.87. The third-order valence-electron chi connectivity index (χ3n) is 3.89. The second kappa shape index (κ2) is 12.9. The van der Waals surface area contributed by atoms with E-state index in [2.05, 4.69) is 28.8 Å². The van der Waals surface area contributed by atoms with E-state index in [1.165, 1.54) is 0 Å². The highest BCUT2D eigenvalue weighted by Crippen LogP contribution is 2.22. The summed E-state index contributed by atoms with van der Waals surface area (Å²) < 4.78 is 15.8. The number of hydrogen-bond acceptors (Lipinski definition) is 8. The summed E-state index contributed by atoms with van der Waals surface area (Å²) >= 11 is 1.83. The number of aryl methyl sites for hydroxylation is 1. The highest BCUT2D eigenvalue weighted by Gasteiger charge is 2.24. The number of ether oxygens (including phenoxy) is 2. The summed E-state index contributed by atoms with van der Waals surface area (Å²) in [5, 5.41) is 6.62. The predicted molar refractivity (Wildman–Crippen MR) is 118 cm³/mol. The zero-order valence-electron chi connectivity index (χ0n) is 17.8. The Bertz CT molecular complexity index is 685. The zero-order chi connectivity index (χ0) is 20.9. The molecule has 2 atom stereocenters. The van der Waals surface area contributed by atoms with E-state index >= 15 is 0 Å². The zero-order valence-corrected chi connectivity index (χ0v) is 18.6. The lowest BCUT2D eigenvalue weighted by molar-refractivity contribution is 0.201. The highest BCUT2D eigenvalue weighted by molar-refractivity contribution is 7.99. The summed E-state index contributed by atoms with van der Waals surface area (Å²) in [6.45, 7) is 6.20. The summed E-state index contributed by atoms with van der Waals surface area (Å²) in [7, 11) is 7.16. The largest absolute Gasteiger partial charge is 0.504 e. The Morgan fingerprint density at radius 1 is 1.32 bits per heavy atom. The van der Waals surface area contributed by atoms with E-state index < -0.39 is 0 Å². The molecule has 0 bridgehead atoms. The van der Waals surface area contributed by atoms with Crippen LogP contribution in [-0.2, 0) is 9.47 Å². The molecule has 0 fully saturated rings. The molecule has 1 heterocycles. The van der Waals surface area contributed by atoms with Crippen molar-refractivity contribution in [2.24, 2.45) is 10.1 Å². The van der Waals surface area contributed by atoms with Crippen LogP contribution in [0, 0.1) is 6.92 Å².